The molecule has 0 aliphatic rings. The van der Waals surface area contributed by atoms with Gasteiger partial charge in [0.15, 0.2) is 0 Å². The summed E-state index contributed by atoms with van der Waals surface area (Å²) >= 11 is 3.10. The molecule has 0 saturated heterocycles. The van der Waals surface area contributed by atoms with Crippen LogP contribution in [0.1, 0.15) is 11.7 Å². The number of anilines is 1. The minimum absolute atomic E-state index is 0.0556. The number of phenols is 1. The van der Waals surface area contributed by atoms with Crippen LogP contribution in [0.3, 0.4) is 0 Å². The molecule has 0 spiro atoms. The Morgan fingerprint density at radius 1 is 1.50 bits per heavy atom. The molecule has 0 aliphatic heterocycles. The highest BCUT2D eigenvalue weighted by atomic mass is 79.9. The first-order valence-electron chi connectivity index (χ1n) is 4.38. The van der Waals surface area contributed by atoms with Crippen LogP contribution in [-0.4, -0.2) is 30.2 Å². The molecule has 1 aromatic carbocycles. The van der Waals surface area contributed by atoms with Gasteiger partial charge in [0.1, 0.15) is 5.75 Å². The quantitative estimate of drug-likeness (QED) is 0.576. The summed E-state index contributed by atoms with van der Waals surface area (Å²) in [4.78, 5) is 0. The van der Waals surface area contributed by atoms with Crippen LogP contribution in [0.4, 0.5) is 5.69 Å². The molecule has 1 atom stereocenters. The number of hydrogen-bond donors (Lipinski definition) is 3. The molecule has 0 heterocycles. The van der Waals surface area contributed by atoms with E-state index in [0.29, 0.717) is 10.9 Å². The number of aliphatic hydroxyl groups excluding tert-OH is 1. The zero-order valence-electron chi connectivity index (χ0n) is 8.51. The summed E-state index contributed by atoms with van der Waals surface area (Å²) in [6.45, 7) is 0. The van der Waals surface area contributed by atoms with Gasteiger partial charge in [-0.3, -0.25) is 4.72 Å². The Bertz CT molecular complexity index is 474. The van der Waals surface area contributed by atoms with E-state index in [1.54, 1.807) is 0 Å². The van der Waals surface area contributed by atoms with E-state index < -0.39 is 16.1 Å². The van der Waals surface area contributed by atoms with Gasteiger partial charge >= 0.3 is 0 Å². The Balaban J connectivity index is 3.09. The molecule has 1 unspecified atom stereocenters. The van der Waals surface area contributed by atoms with Crippen LogP contribution in [0.25, 0.3) is 0 Å². The monoisotopic (exact) mass is 309 g/mol. The van der Waals surface area contributed by atoms with E-state index in [4.69, 9.17) is 0 Å². The summed E-state index contributed by atoms with van der Waals surface area (Å²) in [5, 5.41) is 19.3. The first kappa shape index (κ1) is 13.3. The fourth-order valence-electron chi connectivity index (χ4n) is 1.13. The van der Waals surface area contributed by atoms with Crippen molar-refractivity contribution < 1.29 is 18.6 Å². The number of phenolic OH excluding ortho intramolecular Hbond substituents is 1. The van der Waals surface area contributed by atoms with E-state index in [-0.39, 0.29) is 11.4 Å². The summed E-state index contributed by atoms with van der Waals surface area (Å²) in [5.74, 6) is -0.184. The molecule has 0 aliphatic carbocycles. The molecule has 5 nitrogen and oxygen atoms in total. The average Bonchev–Trinajstić information content (AvgIpc) is 2.18. The van der Waals surface area contributed by atoms with Gasteiger partial charge in [0.25, 0.3) is 0 Å². The number of halogens is 1. The fourth-order valence-corrected chi connectivity index (χ4v) is 2.07. The van der Waals surface area contributed by atoms with Gasteiger partial charge in [-0.05, 0) is 17.7 Å². The van der Waals surface area contributed by atoms with Crippen LogP contribution in [-0.2, 0) is 10.0 Å². The fraction of sp³-hybridized carbons (Fsp3) is 0.333. The van der Waals surface area contributed by atoms with Crippen molar-refractivity contribution in [3.63, 3.8) is 0 Å². The Morgan fingerprint density at radius 3 is 2.62 bits per heavy atom. The Kier molecular flexibility index (Phi) is 4.17. The van der Waals surface area contributed by atoms with Gasteiger partial charge in [-0.2, -0.15) is 0 Å². The van der Waals surface area contributed by atoms with Crippen molar-refractivity contribution >= 4 is 31.6 Å². The third-order valence-corrected chi connectivity index (χ3v) is 3.05. The minimum atomic E-state index is -3.45. The Morgan fingerprint density at radius 2 is 2.12 bits per heavy atom. The van der Waals surface area contributed by atoms with E-state index in [2.05, 4.69) is 20.7 Å². The molecular weight excluding hydrogens is 298 g/mol. The first-order valence-corrected chi connectivity index (χ1v) is 7.39. The second kappa shape index (κ2) is 5.03. The highest BCUT2D eigenvalue weighted by Gasteiger charge is 2.11. The molecule has 90 valence electrons. The molecular formula is C9H12BrNO4S. The van der Waals surface area contributed by atoms with Crippen LogP contribution in [0.2, 0.25) is 0 Å². The summed E-state index contributed by atoms with van der Waals surface area (Å²) in [7, 11) is -3.45. The number of hydrogen-bond acceptors (Lipinski definition) is 4. The maximum absolute atomic E-state index is 11.0. The molecule has 0 amide bonds. The lowest BCUT2D eigenvalue weighted by atomic mass is 10.1. The van der Waals surface area contributed by atoms with Crippen molar-refractivity contribution in [2.24, 2.45) is 0 Å². The summed E-state index contributed by atoms with van der Waals surface area (Å²) < 4.78 is 24.2. The largest absolute Gasteiger partial charge is 0.506 e. The van der Waals surface area contributed by atoms with Crippen LogP contribution in [0.15, 0.2) is 18.2 Å². The van der Waals surface area contributed by atoms with Crippen molar-refractivity contribution in [1.82, 2.24) is 0 Å². The predicted molar refractivity (Wildman–Crippen MR) is 65.3 cm³/mol. The summed E-state index contributed by atoms with van der Waals surface area (Å²) in [6.07, 6.45) is 0.237. The van der Waals surface area contributed by atoms with Crippen molar-refractivity contribution in [1.29, 1.82) is 0 Å². The molecule has 1 aromatic rings. The summed E-state index contributed by atoms with van der Waals surface area (Å²) in [5.41, 5.74) is 0.570. The standard InChI is InChI=1S/C9H12BrNO4S/c1-16(14,15)11-7-4-6(9(13)5-10)2-3-8(7)12/h2-4,9,11-13H,5H2,1H3. The lowest BCUT2D eigenvalue weighted by molar-refractivity contribution is 0.205. The van der Waals surface area contributed by atoms with Gasteiger partial charge in [0, 0.05) is 5.33 Å². The number of nitrogens with one attached hydrogen (secondary N) is 1. The van der Waals surface area contributed by atoms with E-state index in [9.17, 15) is 18.6 Å². The van der Waals surface area contributed by atoms with E-state index in [1.165, 1.54) is 18.2 Å². The lowest BCUT2D eigenvalue weighted by Crippen LogP contribution is -2.10. The molecule has 0 radical (unpaired) electrons. The number of benzene rings is 1. The maximum Gasteiger partial charge on any atom is 0.229 e. The van der Waals surface area contributed by atoms with Crippen LogP contribution in [0.5, 0.6) is 5.75 Å². The van der Waals surface area contributed by atoms with Crippen LogP contribution < -0.4 is 4.72 Å². The molecule has 0 fully saturated rings. The van der Waals surface area contributed by atoms with Crippen molar-refractivity contribution in [2.75, 3.05) is 16.3 Å². The SMILES string of the molecule is CS(=O)(=O)Nc1cc(C(O)CBr)ccc1O. The highest BCUT2D eigenvalue weighted by molar-refractivity contribution is 9.09. The first-order chi connectivity index (χ1) is 7.33. The maximum atomic E-state index is 11.0. The van der Waals surface area contributed by atoms with Gasteiger partial charge in [0.2, 0.25) is 10.0 Å². The molecule has 3 N–H and O–H groups in total. The normalized spacial score (nSPS) is 13.4. The predicted octanol–water partition coefficient (Wildman–Crippen LogP) is 1.19. The van der Waals surface area contributed by atoms with Gasteiger partial charge in [0.05, 0.1) is 18.0 Å². The minimum Gasteiger partial charge on any atom is -0.506 e. The van der Waals surface area contributed by atoms with E-state index in [0.717, 1.165) is 6.26 Å². The number of alkyl halides is 1. The average molecular weight is 310 g/mol. The zero-order chi connectivity index (χ0) is 12.3. The smallest absolute Gasteiger partial charge is 0.229 e. The molecule has 0 saturated carbocycles. The number of rotatable bonds is 4. The number of aromatic hydroxyl groups is 1. The second-order valence-corrected chi connectivity index (χ2v) is 5.72. The molecule has 7 heteroatoms. The van der Waals surface area contributed by atoms with Crippen LogP contribution >= 0.6 is 15.9 Å². The number of sulfonamides is 1. The van der Waals surface area contributed by atoms with Gasteiger partial charge in [-0.25, -0.2) is 8.42 Å². The molecule has 0 bridgehead atoms. The van der Waals surface area contributed by atoms with Gasteiger partial charge in [-0.15, -0.1) is 0 Å². The van der Waals surface area contributed by atoms with Crippen molar-refractivity contribution in [3.8, 4) is 5.75 Å². The third-order valence-electron chi connectivity index (χ3n) is 1.85. The third kappa shape index (κ3) is 3.66. The lowest BCUT2D eigenvalue weighted by Gasteiger charge is -2.11. The van der Waals surface area contributed by atoms with Gasteiger partial charge < -0.3 is 10.2 Å². The molecule has 0 aromatic heterocycles. The Labute approximate surface area is 102 Å². The van der Waals surface area contributed by atoms with Crippen LogP contribution in [0, 0.1) is 0 Å². The Hall–Kier alpha value is -0.790. The number of aliphatic hydroxyl groups is 1. The zero-order valence-corrected chi connectivity index (χ0v) is 10.9. The molecule has 1 rings (SSSR count). The van der Waals surface area contributed by atoms with Gasteiger partial charge in [-0.1, -0.05) is 22.0 Å². The van der Waals surface area contributed by atoms with Crippen molar-refractivity contribution in [3.05, 3.63) is 23.8 Å². The summed E-state index contributed by atoms with van der Waals surface area (Å²) in [6, 6.07) is 4.24. The van der Waals surface area contributed by atoms with E-state index >= 15 is 0 Å². The second-order valence-electron chi connectivity index (χ2n) is 3.32. The molecule has 16 heavy (non-hydrogen) atoms. The highest BCUT2D eigenvalue weighted by Crippen LogP contribution is 2.28. The van der Waals surface area contributed by atoms with E-state index in [1.807, 2.05) is 0 Å². The van der Waals surface area contributed by atoms with Crippen molar-refractivity contribution in [2.45, 2.75) is 6.10 Å². The topological polar surface area (TPSA) is 86.6 Å².